The summed E-state index contributed by atoms with van der Waals surface area (Å²) in [6.07, 6.45) is 8.58. The second-order valence-electron chi connectivity index (χ2n) is 6.73. The number of hydrogen-bond acceptors (Lipinski definition) is 0. The van der Waals surface area contributed by atoms with Gasteiger partial charge in [0.25, 0.3) is 0 Å². The van der Waals surface area contributed by atoms with Gasteiger partial charge in [-0.25, -0.2) is 0 Å². The molecule has 4 rings (SSSR count). The zero-order valence-electron chi connectivity index (χ0n) is 21.7. The van der Waals surface area contributed by atoms with E-state index < -0.39 is 0 Å². The Hall–Kier alpha value is 2.36. The molecule has 0 aromatic heterocycles. The average molecular weight is 496 g/mol. The first kappa shape index (κ1) is 40.9. The molecule has 0 spiro atoms. The summed E-state index contributed by atoms with van der Waals surface area (Å²) < 4.78 is 0. The Labute approximate surface area is 337 Å². The third-order valence-corrected chi connectivity index (χ3v) is 4.69. The average Bonchev–Trinajstić information content (AvgIpc) is 2.78. The van der Waals surface area contributed by atoms with E-state index in [1.807, 2.05) is 12.1 Å². The molecule has 0 fully saturated rings. The van der Waals surface area contributed by atoms with E-state index in [9.17, 15) is 0 Å². The Morgan fingerprint density at radius 3 is 0.765 bits per heavy atom. The molecule has 0 aliphatic heterocycles. The summed E-state index contributed by atoms with van der Waals surface area (Å²) in [5, 5.41) is 0. The molecule has 4 aromatic rings. The molecule has 0 saturated carbocycles. The van der Waals surface area contributed by atoms with Gasteiger partial charge in [-0.3, -0.25) is 0 Å². The van der Waals surface area contributed by atoms with Crippen molar-refractivity contribution in [2.45, 2.75) is 0 Å². The Bertz CT molecular complexity index is 984. The van der Waals surface area contributed by atoms with E-state index in [0.717, 1.165) is 0 Å². The van der Waals surface area contributed by atoms with Crippen LogP contribution in [0.15, 0.2) is 109 Å². The van der Waals surface area contributed by atoms with Crippen LogP contribution >= 0.6 is 0 Å². The van der Waals surface area contributed by atoms with Gasteiger partial charge in [0.15, 0.2) is 0 Å². The quantitative estimate of drug-likeness (QED) is 0.256. The first-order chi connectivity index (χ1) is 13.9. The Morgan fingerprint density at radius 1 is 0.265 bits per heavy atom. The summed E-state index contributed by atoms with van der Waals surface area (Å²) in [5.41, 5.74) is 7.30. The summed E-state index contributed by atoms with van der Waals surface area (Å²) in [6, 6.07) is 38.1. The summed E-state index contributed by atoms with van der Waals surface area (Å²) >= 11 is 0. The van der Waals surface area contributed by atoms with Crippen LogP contribution in [0.5, 0.6) is 0 Å². The van der Waals surface area contributed by atoms with Crippen molar-refractivity contribution in [3.05, 3.63) is 131 Å². The molecule has 6 radical (unpaired) electrons. The molecule has 4 aromatic carbocycles. The third-order valence-electron chi connectivity index (χ3n) is 4.69. The number of hydrogen-bond donors (Lipinski definition) is 0. The fourth-order valence-electron chi connectivity index (χ4n) is 3.09. The van der Waals surface area contributed by atoms with Crippen LogP contribution in [-0.2, 0) is 0 Å². The van der Waals surface area contributed by atoms with Crippen molar-refractivity contribution in [1.82, 2.24) is 0 Å². The van der Waals surface area contributed by atoms with Crippen LogP contribution in [0.2, 0.25) is 0 Å². The zero-order valence-corrected chi connectivity index (χ0v) is 33.7. The van der Waals surface area contributed by atoms with Crippen molar-refractivity contribution < 1.29 is 0 Å². The van der Waals surface area contributed by atoms with Gasteiger partial charge in [-0.15, -0.1) is 0 Å². The minimum absolute atomic E-state index is 0. The van der Waals surface area contributed by atoms with Crippen LogP contribution in [0.4, 0.5) is 0 Å². The molecule has 140 valence electrons. The van der Waals surface area contributed by atoms with Crippen molar-refractivity contribution >= 4 is 202 Å². The zero-order chi connectivity index (χ0) is 19.0. The van der Waals surface area contributed by atoms with Crippen molar-refractivity contribution in [3.8, 4) is 11.1 Å². The van der Waals surface area contributed by atoms with Crippen LogP contribution in [-0.4, -0.2) is 177 Å². The van der Waals surface area contributed by atoms with Crippen molar-refractivity contribution in [1.29, 1.82) is 0 Å². The van der Waals surface area contributed by atoms with Gasteiger partial charge >= 0.3 is 0 Å². The molecule has 0 aliphatic carbocycles. The smallest absolute Gasteiger partial charge is 0 e. The number of rotatable bonds is 5. The molecule has 0 bridgehead atoms. The van der Waals surface area contributed by atoms with Crippen LogP contribution in [0, 0.1) is 0 Å². The fourth-order valence-corrected chi connectivity index (χ4v) is 3.09. The molecule has 6 heteroatoms. The fraction of sp³-hybridized carbons (Fsp3) is 0. The van der Waals surface area contributed by atoms with Crippen molar-refractivity contribution in [3.63, 3.8) is 0 Å². The first-order valence-corrected chi connectivity index (χ1v) is 9.54. The summed E-state index contributed by atoms with van der Waals surface area (Å²) in [4.78, 5) is 0. The summed E-state index contributed by atoms with van der Waals surface area (Å²) in [7, 11) is 0. The third kappa shape index (κ3) is 13.9. The Kier molecular flexibility index (Phi) is 28.0. The van der Waals surface area contributed by atoms with Crippen LogP contribution in [0.25, 0.3) is 35.4 Å². The van der Waals surface area contributed by atoms with E-state index in [0.29, 0.717) is 0 Å². The van der Waals surface area contributed by atoms with E-state index in [1.165, 1.54) is 33.4 Å². The largest absolute Gasteiger partial charge is 0.0622 e. The van der Waals surface area contributed by atoms with E-state index in [2.05, 4.69) is 121 Å². The molecule has 0 nitrogen and oxygen atoms in total. The second-order valence-corrected chi connectivity index (χ2v) is 6.73. The molecule has 0 N–H and O–H groups in total. The maximum Gasteiger partial charge on any atom is 0 e. The number of benzene rings is 4. The van der Waals surface area contributed by atoms with Gasteiger partial charge in [-0.05, 0) is 33.4 Å². The van der Waals surface area contributed by atoms with Crippen LogP contribution < -0.4 is 0 Å². The maximum absolute atomic E-state index is 2.18. The molecular weight excluding hydrogens is 474 g/mol. The van der Waals surface area contributed by atoms with Gasteiger partial charge in [0, 0.05) is 177 Å². The van der Waals surface area contributed by atoms with Crippen LogP contribution in [0.1, 0.15) is 22.3 Å². The van der Waals surface area contributed by atoms with E-state index >= 15 is 0 Å². The predicted molar refractivity (Wildman–Crippen MR) is 157 cm³/mol. The van der Waals surface area contributed by atoms with Gasteiger partial charge in [0.1, 0.15) is 0 Å². The topological polar surface area (TPSA) is 0 Å². The molecule has 0 amide bonds. The standard InChI is InChI=1S/C28H22.6Na/c1-3-7-23(8-4-1)11-13-25-15-19-27(20-16-25)28-21-17-26(18-22-28)14-12-24-9-5-2-6-10-24;;;;;;/h1-22H;;;;;;. The van der Waals surface area contributed by atoms with Crippen molar-refractivity contribution in [2.75, 3.05) is 0 Å². The predicted octanol–water partition coefficient (Wildman–Crippen LogP) is 5.41. The Morgan fingerprint density at radius 2 is 0.500 bits per heavy atom. The normalized spacial score (nSPS) is 9.29. The van der Waals surface area contributed by atoms with E-state index in [4.69, 9.17) is 0 Å². The molecule has 0 unspecified atom stereocenters. The van der Waals surface area contributed by atoms with Gasteiger partial charge in [-0.1, -0.05) is 133 Å². The summed E-state index contributed by atoms with van der Waals surface area (Å²) in [5.74, 6) is 0. The monoisotopic (exact) mass is 496 g/mol. The van der Waals surface area contributed by atoms with E-state index in [-0.39, 0.29) is 177 Å². The second kappa shape index (κ2) is 23.3. The van der Waals surface area contributed by atoms with Gasteiger partial charge in [-0.2, -0.15) is 0 Å². The molecular formula is C28H22Na6. The molecule has 34 heavy (non-hydrogen) atoms. The minimum atomic E-state index is 0. The van der Waals surface area contributed by atoms with Crippen molar-refractivity contribution in [2.24, 2.45) is 0 Å². The van der Waals surface area contributed by atoms with Gasteiger partial charge < -0.3 is 0 Å². The van der Waals surface area contributed by atoms with Gasteiger partial charge in [0.05, 0.1) is 0 Å². The molecule has 0 heterocycles. The molecule has 0 atom stereocenters. The summed E-state index contributed by atoms with van der Waals surface area (Å²) in [6.45, 7) is 0. The SMILES string of the molecule is C(=Cc1ccc(-c2ccc(C=Cc3ccccc3)cc2)cc1)c1ccccc1.[Na].[Na].[Na].[Na].[Na].[Na]. The first-order valence-electron chi connectivity index (χ1n) is 9.54. The van der Waals surface area contributed by atoms with E-state index in [1.54, 1.807) is 0 Å². The minimum Gasteiger partial charge on any atom is -0.0622 e. The van der Waals surface area contributed by atoms with Gasteiger partial charge in [0.2, 0.25) is 0 Å². The molecule has 0 saturated heterocycles. The Balaban J connectivity index is -0.00000160. The van der Waals surface area contributed by atoms with Crippen LogP contribution in [0.3, 0.4) is 0 Å². The molecule has 0 aliphatic rings. The maximum atomic E-state index is 2.18.